The van der Waals surface area contributed by atoms with Gasteiger partial charge in [-0.05, 0) is 61.1 Å². The van der Waals surface area contributed by atoms with Gasteiger partial charge in [-0.2, -0.15) is 0 Å². The van der Waals surface area contributed by atoms with E-state index in [1.165, 1.54) is 140 Å². The third kappa shape index (κ3) is 21.7. The molecule has 0 amide bonds. The fourth-order valence-corrected chi connectivity index (χ4v) is 9.04. The van der Waals surface area contributed by atoms with E-state index in [0.29, 0.717) is 0 Å². The molecular weight excluding hydrogens is 591 g/mol. The number of benzene rings is 2. The first-order chi connectivity index (χ1) is 19.7. The van der Waals surface area contributed by atoms with E-state index in [2.05, 4.69) is 76.2 Å². The van der Waals surface area contributed by atoms with Crippen LogP contribution in [0.5, 0.6) is 11.5 Å². The van der Waals surface area contributed by atoms with Gasteiger partial charge in [-0.3, -0.25) is 0 Å². The van der Waals surface area contributed by atoms with Gasteiger partial charge in [0, 0.05) is 0 Å². The Balaban J connectivity index is 0.000000763. The Morgan fingerprint density at radius 1 is 0.400 bits per heavy atom. The Morgan fingerprint density at radius 3 is 1.07 bits per heavy atom. The number of ether oxygens (including phenoxy) is 1. The van der Waals surface area contributed by atoms with Gasteiger partial charge in [-0.25, -0.2) is 0 Å². The molecule has 0 N–H and O–H groups in total. The molecule has 0 aliphatic carbocycles. The molecule has 0 saturated carbocycles. The Labute approximate surface area is 260 Å². The molecule has 2 aromatic rings. The molecule has 1 nitrogen and oxygen atoms in total. The van der Waals surface area contributed by atoms with Gasteiger partial charge in [0.25, 0.3) is 0 Å². The molecule has 0 unspecified atom stereocenters. The van der Waals surface area contributed by atoms with Crippen LogP contribution in [-0.2, 0) is 12.8 Å². The summed E-state index contributed by atoms with van der Waals surface area (Å²) in [6.07, 6.45) is 27.3. The van der Waals surface area contributed by atoms with E-state index in [1.54, 1.807) is 8.87 Å². The summed E-state index contributed by atoms with van der Waals surface area (Å²) in [5.41, 5.74) is 2.84. The van der Waals surface area contributed by atoms with Crippen LogP contribution in [0.1, 0.15) is 154 Å². The molecule has 0 fully saturated rings. The summed E-state index contributed by atoms with van der Waals surface area (Å²) in [6.45, 7) is 9.14. The normalized spacial score (nSPS) is 10.8. The van der Waals surface area contributed by atoms with Crippen molar-refractivity contribution >= 4 is 21.1 Å². The van der Waals surface area contributed by atoms with Gasteiger partial charge in [-0.1, -0.05) is 115 Å². The maximum absolute atomic E-state index is 6.05. The zero-order valence-electron chi connectivity index (χ0n) is 27.1. The van der Waals surface area contributed by atoms with Crippen LogP contribution in [0.15, 0.2) is 48.5 Å². The van der Waals surface area contributed by atoms with Crippen LogP contribution in [0.2, 0.25) is 8.87 Å². The van der Waals surface area contributed by atoms with E-state index in [9.17, 15) is 0 Å². The number of aryl methyl sites for hydroxylation is 2. The molecule has 2 aromatic carbocycles. The van der Waals surface area contributed by atoms with Gasteiger partial charge in [0.2, 0.25) is 0 Å². The van der Waals surface area contributed by atoms with E-state index < -0.39 is 0 Å². The summed E-state index contributed by atoms with van der Waals surface area (Å²) in [6, 6.07) is 17.4. The average Bonchev–Trinajstić information content (AvgIpc) is 2.98. The number of rotatable bonds is 24. The van der Waals surface area contributed by atoms with Crippen molar-refractivity contribution in [3.8, 4) is 11.5 Å². The summed E-state index contributed by atoms with van der Waals surface area (Å²) in [5.74, 6) is 1.87. The minimum absolute atomic E-state index is 0.149. The van der Waals surface area contributed by atoms with Crippen molar-refractivity contribution < 1.29 is 4.74 Å². The SMILES string of the molecule is CCCCCCCCCc1ccc(Oc2ccc(CCCCCCCCC)cc2)cc1.CCC[CH2][Sn][CH2]CCC. The van der Waals surface area contributed by atoms with Crippen LogP contribution in [0.3, 0.4) is 0 Å². The number of unbranched alkanes of at least 4 members (excludes halogenated alkanes) is 14. The van der Waals surface area contributed by atoms with Crippen molar-refractivity contribution in [2.75, 3.05) is 0 Å². The number of hydrogen-bond donors (Lipinski definition) is 0. The molecule has 2 rings (SSSR count). The van der Waals surface area contributed by atoms with Gasteiger partial charge in [0.05, 0.1) is 0 Å². The third-order valence-corrected chi connectivity index (χ3v) is 11.7. The van der Waals surface area contributed by atoms with E-state index in [-0.39, 0.29) is 21.1 Å². The average molecular weight is 656 g/mol. The second-order valence-electron chi connectivity index (χ2n) is 11.6. The quantitative estimate of drug-likeness (QED) is 0.0808. The standard InChI is InChI=1S/C30H46O.2C4H9.Sn/c1-3-5-7-9-11-13-15-17-27-19-23-29(24-20-27)31-30-25-21-28(22-26-30)18-16-14-12-10-8-6-4-2;2*1-3-4-2;/h19-26H,3-18H2,1-2H3;2*1,3-4H2,2H3;. The summed E-state index contributed by atoms with van der Waals surface area (Å²) < 4.78 is 9.30. The summed E-state index contributed by atoms with van der Waals surface area (Å²) >= 11 is 0.149. The molecule has 0 spiro atoms. The van der Waals surface area contributed by atoms with Gasteiger partial charge in [0.15, 0.2) is 0 Å². The first kappa shape index (κ1) is 37.1. The second-order valence-corrected chi connectivity index (χ2v) is 15.9. The van der Waals surface area contributed by atoms with Crippen LogP contribution in [0, 0.1) is 0 Å². The summed E-state index contributed by atoms with van der Waals surface area (Å²) in [7, 11) is 0. The van der Waals surface area contributed by atoms with Crippen molar-refractivity contribution in [1.29, 1.82) is 0 Å². The predicted molar refractivity (Wildman–Crippen MR) is 182 cm³/mol. The minimum atomic E-state index is 0.149. The first-order valence-electron chi connectivity index (χ1n) is 17.3. The molecule has 226 valence electrons. The molecule has 0 heterocycles. The van der Waals surface area contributed by atoms with Crippen LogP contribution < -0.4 is 4.74 Å². The van der Waals surface area contributed by atoms with Gasteiger partial charge in [-0.15, -0.1) is 0 Å². The second kappa shape index (κ2) is 28.2. The molecule has 2 heteroatoms. The van der Waals surface area contributed by atoms with Crippen molar-refractivity contribution in [1.82, 2.24) is 0 Å². The van der Waals surface area contributed by atoms with Crippen molar-refractivity contribution in [2.24, 2.45) is 0 Å². The van der Waals surface area contributed by atoms with Crippen LogP contribution in [-0.4, -0.2) is 21.1 Å². The Hall–Kier alpha value is -0.961. The fourth-order valence-electron chi connectivity index (χ4n) is 4.89. The molecule has 0 saturated heterocycles. The van der Waals surface area contributed by atoms with Crippen molar-refractivity contribution in [3.63, 3.8) is 0 Å². The molecule has 40 heavy (non-hydrogen) atoms. The molecule has 0 aliphatic rings. The number of hydrogen-bond acceptors (Lipinski definition) is 1. The zero-order valence-corrected chi connectivity index (χ0v) is 29.9. The molecule has 0 atom stereocenters. The predicted octanol–water partition coefficient (Wildman–Crippen LogP) is 13.2. The van der Waals surface area contributed by atoms with Crippen LogP contribution in [0.4, 0.5) is 0 Å². The topological polar surface area (TPSA) is 9.23 Å². The first-order valence-corrected chi connectivity index (χ1v) is 21.3. The molecule has 0 aliphatic heterocycles. The van der Waals surface area contributed by atoms with Gasteiger partial charge in [0.1, 0.15) is 11.5 Å². The summed E-state index contributed by atoms with van der Waals surface area (Å²) in [4.78, 5) is 0. The van der Waals surface area contributed by atoms with Crippen molar-refractivity contribution in [2.45, 2.75) is 165 Å². The monoisotopic (exact) mass is 656 g/mol. The fraction of sp³-hybridized carbons (Fsp3) is 0.684. The van der Waals surface area contributed by atoms with Crippen LogP contribution in [0.25, 0.3) is 0 Å². The molecule has 0 bridgehead atoms. The molecule has 2 radical (unpaired) electrons. The van der Waals surface area contributed by atoms with E-state index in [0.717, 1.165) is 11.5 Å². The maximum atomic E-state index is 6.05. The third-order valence-electron chi connectivity index (χ3n) is 7.63. The Morgan fingerprint density at radius 2 is 0.725 bits per heavy atom. The van der Waals surface area contributed by atoms with Gasteiger partial charge < -0.3 is 4.74 Å². The summed E-state index contributed by atoms with van der Waals surface area (Å²) in [5, 5.41) is 0. The van der Waals surface area contributed by atoms with E-state index in [1.807, 2.05) is 0 Å². The van der Waals surface area contributed by atoms with Crippen LogP contribution >= 0.6 is 0 Å². The Bertz CT molecular complexity index is 702. The zero-order chi connectivity index (χ0) is 28.9. The molecular formula is C38H64OSn. The van der Waals surface area contributed by atoms with Crippen molar-refractivity contribution in [3.05, 3.63) is 59.7 Å². The van der Waals surface area contributed by atoms with E-state index in [4.69, 9.17) is 4.74 Å². The molecule has 0 aromatic heterocycles. The Kier molecular flexibility index (Phi) is 26.1. The van der Waals surface area contributed by atoms with Gasteiger partial charge >= 0.3 is 69.5 Å². The van der Waals surface area contributed by atoms with E-state index >= 15 is 0 Å².